The molecule has 25 heavy (non-hydrogen) atoms. The maximum Gasteiger partial charge on any atom is 0.410 e. The van der Waals surface area contributed by atoms with Gasteiger partial charge in [0.15, 0.2) is 5.96 Å². The van der Waals surface area contributed by atoms with Gasteiger partial charge in [0.2, 0.25) is 0 Å². The molecule has 1 heterocycles. The van der Waals surface area contributed by atoms with Gasteiger partial charge in [-0.1, -0.05) is 12.1 Å². The standard InChI is InChI=1S/C18H28N4O3/c1-18(2,3)25-17(23)22-11-14(12-22)21-16(19-4)20-10-13-6-8-15(24-5)9-7-13/h6-9,14H,10-12H2,1-5H3,(H2,19,20,21). The Morgan fingerprint density at radius 1 is 1.28 bits per heavy atom. The second kappa shape index (κ2) is 8.09. The topological polar surface area (TPSA) is 75.2 Å². The van der Waals surface area contributed by atoms with Gasteiger partial charge in [0.25, 0.3) is 0 Å². The normalized spacial score (nSPS) is 15.4. The highest BCUT2D eigenvalue weighted by Crippen LogP contribution is 2.15. The first-order valence-electron chi connectivity index (χ1n) is 8.39. The summed E-state index contributed by atoms with van der Waals surface area (Å²) < 4.78 is 10.5. The number of guanidine groups is 1. The van der Waals surface area contributed by atoms with Crippen LogP contribution in [0.4, 0.5) is 4.79 Å². The number of ether oxygens (including phenoxy) is 2. The Morgan fingerprint density at radius 2 is 1.92 bits per heavy atom. The van der Waals surface area contributed by atoms with Crippen molar-refractivity contribution in [1.82, 2.24) is 15.5 Å². The largest absolute Gasteiger partial charge is 0.497 e. The van der Waals surface area contributed by atoms with E-state index >= 15 is 0 Å². The molecule has 1 amide bonds. The number of amides is 1. The number of carbonyl (C=O) groups is 1. The summed E-state index contributed by atoms with van der Waals surface area (Å²) in [6.07, 6.45) is -0.272. The summed E-state index contributed by atoms with van der Waals surface area (Å²) >= 11 is 0. The average Bonchev–Trinajstić information content (AvgIpc) is 2.51. The maximum atomic E-state index is 11.9. The molecule has 0 unspecified atom stereocenters. The van der Waals surface area contributed by atoms with Crippen molar-refractivity contribution < 1.29 is 14.3 Å². The van der Waals surface area contributed by atoms with Crippen molar-refractivity contribution in [2.45, 2.75) is 39.0 Å². The molecule has 0 saturated carbocycles. The van der Waals surface area contributed by atoms with Crippen LogP contribution in [-0.2, 0) is 11.3 Å². The second-order valence-electron chi connectivity index (χ2n) is 7.00. The first-order valence-corrected chi connectivity index (χ1v) is 8.39. The molecule has 0 atom stereocenters. The fourth-order valence-electron chi connectivity index (χ4n) is 2.36. The van der Waals surface area contributed by atoms with Gasteiger partial charge in [0, 0.05) is 26.7 Å². The molecule has 1 aliphatic heterocycles. The molecule has 1 aromatic rings. The van der Waals surface area contributed by atoms with E-state index in [-0.39, 0.29) is 12.1 Å². The molecule has 0 bridgehead atoms. The third-order valence-electron chi connectivity index (χ3n) is 3.72. The number of benzene rings is 1. The molecular formula is C18H28N4O3. The summed E-state index contributed by atoms with van der Waals surface area (Å²) in [7, 11) is 3.38. The Balaban J connectivity index is 1.73. The number of nitrogens with one attached hydrogen (secondary N) is 2. The Labute approximate surface area is 149 Å². The van der Waals surface area contributed by atoms with Crippen molar-refractivity contribution in [3.63, 3.8) is 0 Å². The lowest BCUT2D eigenvalue weighted by Gasteiger charge is -2.40. The van der Waals surface area contributed by atoms with Crippen molar-refractivity contribution >= 4 is 12.1 Å². The minimum Gasteiger partial charge on any atom is -0.497 e. The van der Waals surface area contributed by atoms with Gasteiger partial charge in [0.1, 0.15) is 11.4 Å². The van der Waals surface area contributed by atoms with Crippen LogP contribution < -0.4 is 15.4 Å². The van der Waals surface area contributed by atoms with Gasteiger partial charge < -0.3 is 25.0 Å². The smallest absolute Gasteiger partial charge is 0.410 e. The van der Waals surface area contributed by atoms with E-state index < -0.39 is 5.60 Å². The van der Waals surface area contributed by atoms with Gasteiger partial charge in [-0.2, -0.15) is 0 Å². The highest BCUT2D eigenvalue weighted by Gasteiger charge is 2.34. The maximum absolute atomic E-state index is 11.9. The van der Waals surface area contributed by atoms with Crippen LogP contribution in [0.25, 0.3) is 0 Å². The Kier molecular flexibility index (Phi) is 6.12. The number of hydrogen-bond acceptors (Lipinski definition) is 4. The number of likely N-dealkylation sites (tertiary alicyclic amines) is 1. The molecular weight excluding hydrogens is 320 g/mol. The van der Waals surface area contributed by atoms with Gasteiger partial charge in [-0.25, -0.2) is 4.79 Å². The second-order valence-corrected chi connectivity index (χ2v) is 7.00. The fourth-order valence-corrected chi connectivity index (χ4v) is 2.36. The van der Waals surface area contributed by atoms with Crippen LogP contribution in [0.1, 0.15) is 26.3 Å². The molecule has 1 aromatic carbocycles. The minimum atomic E-state index is -0.467. The summed E-state index contributed by atoms with van der Waals surface area (Å²) in [5.41, 5.74) is 0.665. The molecule has 2 rings (SSSR count). The number of rotatable bonds is 4. The molecule has 2 N–H and O–H groups in total. The number of aliphatic imine (C=N–C) groups is 1. The van der Waals surface area contributed by atoms with Crippen LogP contribution in [0.15, 0.2) is 29.3 Å². The summed E-state index contributed by atoms with van der Waals surface area (Å²) in [6.45, 7) is 7.48. The number of hydrogen-bond donors (Lipinski definition) is 2. The Hall–Kier alpha value is -2.44. The molecule has 7 nitrogen and oxygen atoms in total. The van der Waals surface area contributed by atoms with Crippen molar-refractivity contribution in [2.75, 3.05) is 27.2 Å². The molecule has 0 aliphatic carbocycles. The van der Waals surface area contributed by atoms with Crippen molar-refractivity contribution in [3.8, 4) is 5.75 Å². The van der Waals surface area contributed by atoms with Crippen LogP contribution in [0.2, 0.25) is 0 Å². The van der Waals surface area contributed by atoms with E-state index in [1.54, 1.807) is 19.1 Å². The predicted molar refractivity (Wildman–Crippen MR) is 97.9 cm³/mol. The predicted octanol–water partition coefficient (Wildman–Crippen LogP) is 1.98. The molecule has 1 aliphatic rings. The zero-order chi connectivity index (χ0) is 18.4. The molecule has 1 fully saturated rings. The van der Waals surface area contributed by atoms with Crippen LogP contribution >= 0.6 is 0 Å². The molecule has 7 heteroatoms. The lowest BCUT2D eigenvalue weighted by molar-refractivity contribution is 0.00701. The zero-order valence-corrected chi connectivity index (χ0v) is 15.6. The van der Waals surface area contributed by atoms with E-state index in [4.69, 9.17) is 9.47 Å². The van der Waals surface area contributed by atoms with Crippen molar-refractivity contribution in [1.29, 1.82) is 0 Å². The number of methoxy groups -OCH3 is 1. The SMILES string of the molecule is CN=C(NCc1ccc(OC)cc1)NC1CN(C(=O)OC(C)(C)C)C1. The minimum absolute atomic E-state index is 0.176. The molecule has 0 aromatic heterocycles. The summed E-state index contributed by atoms with van der Waals surface area (Å²) in [5.74, 6) is 1.55. The molecule has 0 spiro atoms. The van der Waals surface area contributed by atoms with E-state index in [9.17, 15) is 4.79 Å². The van der Waals surface area contributed by atoms with Gasteiger partial charge in [-0.15, -0.1) is 0 Å². The van der Waals surface area contributed by atoms with Crippen molar-refractivity contribution in [3.05, 3.63) is 29.8 Å². The van der Waals surface area contributed by atoms with E-state index in [0.29, 0.717) is 25.6 Å². The number of carbonyl (C=O) groups excluding carboxylic acids is 1. The molecule has 138 valence electrons. The average molecular weight is 348 g/mol. The van der Waals surface area contributed by atoms with Gasteiger partial charge in [0.05, 0.1) is 13.2 Å². The lowest BCUT2D eigenvalue weighted by Crippen LogP contribution is -2.63. The molecule has 1 saturated heterocycles. The van der Waals surface area contributed by atoms with Crippen LogP contribution in [-0.4, -0.2) is 55.8 Å². The first kappa shape index (κ1) is 18.9. The highest BCUT2D eigenvalue weighted by molar-refractivity contribution is 5.80. The van der Waals surface area contributed by atoms with Crippen LogP contribution in [0.5, 0.6) is 5.75 Å². The van der Waals surface area contributed by atoms with E-state index in [2.05, 4.69) is 15.6 Å². The van der Waals surface area contributed by atoms with E-state index in [0.717, 1.165) is 11.3 Å². The third-order valence-corrected chi connectivity index (χ3v) is 3.72. The van der Waals surface area contributed by atoms with Crippen molar-refractivity contribution in [2.24, 2.45) is 4.99 Å². The van der Waals surface area contributed by atoms with Gasteiger partial charge >= 0.3 is 6.09 Å². The Bertz CT molecular complexity index is 602. The lowest BCUT2D eigenvalue weighted by atomic mass is 10.1. The van der Waals surface area contributed by atoms with Crippen LogP contribution in [0.3, 0.4) is 0 Å². The van der Waals surface area contributed by atoms with E-state index in [1.165, 1.54) is 0 Å². The molecule has 0 radical (unpaired) electrons. The van der Waals surface area contributed by atoms with E-state index in [1.807, 2.05) is 45.0 Å². The van der Waals surface area contributed by atoms with Crippen LogP contribution in [0, 0.1) is 0 Å². The highest BCUT2D eigenvalue weighted by atomic mass is 16.6. The Morgan fingerprint density at radius 3 is 2.44 bits per heavy atom. The summed E-state index contributed by atoms with van der Waals surface area (Å²) in [6, 6.07) is 8.05. The quantitative estimate of drug-likeness (QED) is 0.643. The zero-order valence-electron chi connectivity index (χ0n) is 15.6. The first-order chi connectivity index (χ1) is 11.8. The van der Waals surface area contributed by atoms with Gasteiger partial charge in [-0.05, 0) is 38.5 Å². The van der Waals surface area contributed by atoms with Gasteiger partial charge in [-0.3, -0.25) is 4.99 Å². The third kappa shape index (κ3) is 5.85. The fraction of sp³-hybridized carbons (Fsp3) is 0.556. The summed E-state index contributed by atoms with van der Waals surface area (Å²) in [5, 5.41) is 6.58. The number of nitrogens with zero attached hydrogens (tertiary/aromatic N) is 2. The summed E-state index contributed by atoms with van der Waals surface area (Å²) in [4.78, 5) is 17.8. The monoisotopic (exact) mass is 348 g/mol.